The van der Waals surface area contributed by atoms with Crippen molar-refractivity contribution in [3.05, 3.63) is 76.6 Å². The number of fused-ring (bicyclic) bond motifs is 1. The Morgan fingerprint density at radius 1 is 1.09 bits per heavy atom. The fourth-order valence-electron chi connectivity index (χ4n) is 3.24. The molecule has 0 bridgehead atoms. The molecule has 0 atom stereocenters. The summed E-state index contributed by atoms with van der Waals surface area (Å²) in [5.41, 5.74) is 1.49. The summed E-state index contributed by atoms with van der Waals surface area (Å²) in [5.74, 6) is -0.390. The number of thiazole rings is 1. The molecular weight excluding hydrogens is 458 g/mol. The Morgan fingerprint density at radius 3 is 2.64 bits per heavy atom. The van der Waals surface area contributed by atoms with Gasteiger partial charge in [0.15, 0.2) is 15.5 Å². The van der Waals surface area contributed by atoms with Gasteiger partial charge in [-0.15, -0.1) is 0 Å². The Kier molecular flexibility index (Phi) is 5.97. The lowest BCUT2D eigenvalue weighted by atomic mass is 10.1. The number of hydrogen-bond donors (Lipinski definition) is 2. The normalized spacial score (nSPS) is 13.1. The summed E-state index contributed by atoms with van der Waals surface area (Å²) in [6, 6.07) is 17.8. The van der Waals surface area contributed by atoms with E-state index in [9.17, 15) is 14.4 Å². The molecule has 0 spiro atoms. The second kappa shape index (κ2) is 9.21. The highest BCUT2D eigenvalue weighted by atomic mass is 32.2. The Bertz CT molecular complexity index is 1390. The number of carbonyl (C=O) groups excluding carboxylic acids is 2. The number of rotatable bonds is 7. The molecule has 0 aliphatic heterocycles. The number of para-hydroxylation sites is 1. The number of nitrogens with one attached hydrogen (secondary N) is 2. The third kappa shape index (κ3) is 4.99. The summed E-state index contributed by atoms with van der Waals surface area (Å²) in [5, 5.41) is 6.73. The molecule has 2 aromatic carbocycles. The summed E-state index contributed by atoms with van der Waals surface area (Å²) in [4.78, 5) is 42.1. The molecule has 1 saturated carbocycles. The van der Waals surface area contributed by atoms with E-state index in [0.717, 1.165) is 18.4 Å². The van der Waals surface area contributed by atoms with Crippen molar-refractivity contribution in [1.82, 2.24) is 10.3 Å². The van der Waals surface area contributed by atoms with Gasteiger partial charge in [0.05, 0.1) is 11.1 Å². The number of aromatic nitrogens is 1. The standard InChI is InChI=1S/C24H19N3O4S2/c28-17-12-19(31-18-9-5-4-8-16(17)18)22(30)27-23-21(14-6-2-1-3-7-14)26-24(33-23)32-13-20(29)25-15-10-11-15/h1-9,12,15H,10-11,13H2,(H,25,29)(H,27,30). The van der Waals surface area contributed by atoms with Gasteiger partial charge in [-0.05, 0) is 25.0 Å². The molecule has 1 aliphatic carbocycles. The third-order valence-electron chi connectivity index (χ3n) is 5.01. The van der Waals surface area contributed by atoms with Gasteiger partial charge in [-0.1, -0.05) is 65.6 Å². The van der Waals surface area contributed by atoms with Gasteiger partial charge in [-0.2, -0.15) is 0 Å². The van der Waals surface area contributed by atoms with Crippen LogP contribution in [0.15, 0.2) is 74.2 Å². The van der Waals surface area contributed by atoms with Gasteiger partial charge >= 0.3 is 0 Å². The minimum Gasteiger partial charge on any atom is -0.451 e. The molecule has 4 aromatic rings. The van der Waals surface area contributed by atoms with Crippen LogP contribution in [0.1, 0.15) is 23.4 Å². The maximum Gasteiger partial charge on any atom is 0.292 e. The summed E-state index contributed by atoms with van der Waals surface area (Å²) >= 11 is 2.61. The molecule has 1 fully saturated rings. The van der Waals surface area contributed by atoms with Crippen LogP contribution in [0, 0.1) is 0 Å². The first kappa shape index (κ1) is 21.4. The van der Waals surface area contributed by atoms with Crippen molar-refractivity contribution in [2.24, 2.45) is 0 Å². The van der Waals surface area contributed by atoms with Crippen molar-refractivity contribution in [3.8, 4) is 11.3 Å². The van der Waals surface area contributed by atoms with Crippen LogP contribution in [0.4, 0.5) is 5.00 Å². The van der Waals surface area contributed by atoms with E-state index < -0.39 is 5.91 Å². The van der Waals surface area contributed by atoms with Crippen LogP contribution in [-0.2, 0) is 4.79 Å². The molecule has 9 heteroatoms. The highest BCUT2D eigenvalue weighted by Crippen LogP contribution is 2.38. The van der Waals surface area contributed by atoms with Crippen molar-refractivity contribution >= 4 is 50.9 Å². The minimum absolute atomic E-state index is 0.0255. The van der Waals surface area contributed by atoms with Crippen LogP contribution in [0.25, 0.3) is 22.2 Å². The van der Waals surface area contributed by atoms with E-state index in [0.29, 0.717) is 32.0 Å². The first-order valence-corrected chi connectivity index (χ1v) is 12.2. The molecule has 5 rings (SSSR count). The number of hydrogen-bond acceptors (Lipinski definition) is 7. The predicted octanol–water partition coefficient (Wildman–Crippen LogP) is 4.54. The average molecular weight is 478 g/mol. The van der Waals surface area contributed by atoms with Crippen LogP contribution in [0.5, 0.6) is 0 Å². The SMILES string of the molecule is O=C(CSc1nc(-c2ccccc2)c(NC(=O)c2cc(=O)c3ccccc3o2)s1)NC1CC1. The molecule has 166 valence electrons. The van der Waals surface area contributed by atoms with Gasteiger partial charge in [0, 0.05) is 17.7 Å². The van der Waals surface area contributed by atoms with Crippen LogP contribution >= 0.6 is 23.1 Å². The molecule has 2 N–H and O–H groups in total. The van der Waals surface area contributed by atoms with Gasteiger partial charge in [0.2, 0.25) is 5.91 Å². The molecule has 2 aromatic heterocycles. The number of benzene rings is 2. The molecular formula is C24H19N3O4S2. The smallest absolute Gasteiger partial charge is 0.292 e. The third-order valence-corrected chi connectivity index (χ3v) is 7.12. The van der Waals surface area contributed by atoms with Crippen molar-refractivity contribution in [2.45, 2.75) is 23.2 Å². The van der Waals surface area contributed by atoms with Gasteiger partial charge in [0.25, 0.3) is 5.91 Å². The predicted molar refractivity (Wildman–Crippen MR) is 130 cm³/mol. The highest BCUT2D eigenvalue weighted by molar-refractivity contribution is 8.01. The lowest BCUT2D eigenvalue weighted by molar-refractivity contribution is -0.118. The molecule has 1 aliphatic rings. The first-order chi connectivity index (χ1) is 16.1. The molecule has 2 heterocycles. The van der Waals surface area contributed by atoms with Crippen molar-refractivity contribution < 1.29 is 14.0 Å². The Hall–Kier alpha value is -3.43. The average Bonchev–Trinajstić information content (AvgIpc) is 3.55. The first-order valence-electron chi connectivity index (χ1n) is 10.4. The summed E-state index contributed by atoms with van der Waals surface area (Å²) in [6.45, 7) is 0. The molecule has 0 saturated heterocycles. The van der Waals surface area contributed by atoms with Gasteiger partial charge < -0.3 is 15.1 Å². The summed E-state index contributed by atoms with van der Waals surface area (Å²) in [7, 11) is 0. The second-order valence-electron chi connectivity index (χ2n) is 7.58. The van der Waals surface area contributed by atoms with E-state index in [1.165, 1.54) is 29.2 Å². The lowest BCUT2D eigenvalue weighted by Gasteiger charge is -2.05. The quantitative estimate of drug-likeness (QED) is 0.379. The zero-order valence-corrected chi connectivity index (χ0v) is 19.0. The van der Waals surface area contributed by atoms with Crippen LogP contribution in [-0.4, -0.2) is 28.6 Å². The van der Waals surface area contributed by atoms with E-state index in [-0.39, 0.29) is 22.8 Å². The van der Waals surface area contributed by atoms with Crippen molar-refractivity contribution in [2.75, 3.05) is 11.1 Å². The number of amides is 2. The number of nitrogens with zero attached hydrogens (tertiary/aromatic N) is 1. The van der Waals surface area contributed by atoms with Crippen molar-refractivity contribution in [3.63, 3.8) is 0 Å². The van der Waals surface area contributed by atoms with Gasteiger partial charge in [-0.3, -0.25) is 14.4 Å². The summed E-state index contributed by atoms with van der Waals surface area (Å²) < 4.78 is 6.33. The zero-order chi connectivity index (χ0) is 22.8. The Balaban J connectivity index is 1.41. The molecule has 2 amide bonds. The van der Waals surface area contributed by atoms with E-state index in [1.807, 2.05) is 30.3 Å². The minimum atomic E-state index is -0.540. The fourth-order valence-corrected chi connectivity index (χ4v) is 5.12. The largest absolute Gasteiger partial charge is 0.451 e. The van der Waals surface area contributed by atoms with E-state index in [1.54, 1.807) is 24.3 Å². The zero-order valence-electron chi connectivity index (χ0n) is 17.4. The van der Waals surface area contributed by atoms with E-state index >= 15 is 0 Å². The number of carbonyl (C=O) groups is 2. The Morgan fingerprint density at radius 2 is 1.85 bits per heavy atom. The van der Waals surface area contributed by atoms with Crippen molar-refractivity contribution in [1.29, 1.82) is 0 Å². The number of anilines is 1. The summed E-state index contributed by atoms with van der Waals surface area (Å²) in [6.07, 6.45) is 2.07. The maximum atomic E-state index is 13.0. The van der Waals surface area contributed by atoms with E-state index in [2.05, 4.69) is 15.6 Å². The van der Waals surface area contributed by atoms with Gasteiger partial charge in [-0.25, -0.2) is 4.98 Å². The van der Waals surface area contributed by atoms with Crippen LogP contribution < -0.4 is 16.1 Å². The topological polar surface area (TPSA) is 101 Å². The van der Waals surface area contributed by atoms with Crippen LogP contribution in [0.3, 0.4) is 0 Å². The van der Waals surface area contributed by atoms with Gasteiger partial charge in [0.1, 0.15) is 16.3 Å². The maximum absolute atomic E-state index is 13.0. The molecule has 7 nitrogen and oxygen atoms in total. The monoisotopic (exact) mass is 477 g/mol. The molecule has 0 unspecified atom stereocenters. The lowest BCUT2D eigenvalue weighted by Crippen LogP contribution is -2.26. The van der Waals surface area contributed by atoms with E-state index in [4.69, 9.17) is 4.42 Å². The number of thioether (sulfide) groups is 1. The Labute approximate surface area is 197 Å². The molecule has 0 radical (unpaired) electrons. The second-order valence-corrected chi connectivity index (χ2v) is 9.80. The van der Waals surface area contributed by atoms with Crippen LogP contribution in [0.2, 0.25) is 0 Å². The fraction of sp³-hybridized carbons (Fsp3) is 0.167. The molecule has 33 heavy (non-hydrogen) atoms. The highest BCUT2D eigenvalue weighted by Gasteiger charge is 2.24.